The molecule has 9 heteroatoms. The summed E-state index contributed by atoms with van der Waals surface area (Å²) in [6, 6.07) is 18.4. The third kappa shape index (κ3) is 6.77. The monoisotopic (exact) mass is 493 g/mol. The molecule has 0 spiro atoms. The lowest BCUT2D eigenvalue weighted by molar-refractivity contribution is -0.131. The molecule has 0 saturated carbocycles. The minimum Gasteiger partial charge on any atom is -0.427 e. The molecule has 0 aliphatic carbocycles. The van der Waals surface area contributed by atoms with Crippen molar-refractivity contribution in [3.8, 4) is 5.75 Å². The van der Waals surface area contributed by atoms with Gasteiger partial charge in [-0.3, -0.25) is 13.9 Å². The van der Waals surface area contributed by atoms with Crippen LogP contribution in [0, 0.1) is 20.8 Å². The Hall–Kier alpha value is -3.98. The van der Waals surface area contributed by atoms with E-state index in [1.54, 1.807) is 49.4 Å². The molecule has 0 heterocycles. The fraction of sp³-hybridized carbons (Fsp3) is 0.192. The summed E-state index contributed by atoms with van der Waals surface area (Å²) in [4.78, 5) is 23.8. The van der Waals surface area contributed by atoms with E-state index in [-0.39, 0.29) is 4.90 Å². The molecule has 0 bridgehead atoms. The minimum atomic E-state index is -4.02. The van der Waals surface area contributed by atoms with Crippen molar-refractivity contribution in [3.63, 3.8) is 0 Å². The zero-order valence-electron chi connectivity index (χ0n) is 20.0. The Morgan fingerprint density at radius 2 is 1.57 bits per heavy atom. The number of carbonyl (C=O) groups is 2. The van der Waals surface area contributed by atoms with Crippen molar-refractivity contribution < 1.29 is 22.7 Å². The summed E-state index contributed by atoms with van der Waals surface area (Å²) in [6.45, 7) is 6.38. The van der Waals surface area contributed by atoms with Gasteiger partial charge in [0, 0.05) is 6.92 Å². The van der Waals surface area contributed by atoms with Crippen LogP contribution in [0.4, 0.5) is 5.69 Å². The van der Waals surface area contributed by atoms with Crippen LogP contribution in [-0.2, 0) is 19.6 Å². The SMILES string of the molecule is CC(=O)Oc1ccc(/C=N\NC(=O)CN(c2cc(C)ccc2C)S(=O)(=O)c2ccc(C)cc2)cc1. The molecule has 0 fully saturated rings. The van der Waals surface area contributed by atoms with Gasteiger partial charge < -0.3 is 4.74 Å². The fourth-order valence-electron chi connectivity index (χ4n) is 3.26. The molecule has 0 aromatic heterocycles. The Morgan fingerprint density at radius 1 is 0.943 bits per heavy atom. The van der Waals surface area contributed by atoms with Crippen molar-refractivity contribution in [2.45, 2.75) is 32.6 Å². The van der Waals surface area contributed by atoms with Crippen molar-refractivity contribution in [3.05, 3.63) is 89.0 Å². The van der Waals surface area contributed by atoms with Crippen molar-refractivity contribution in [2.24, 2.45) is 5.10 Å². The number of aryl methyl sites for hydroxylation is 3. The van der Waals surface area contributed by atoms with Crippen LogP contribution < -0.4 is 14.5 Å². The summed E-state index contributed by atoms with van der Waals surface area (Å²) in [5, 5.41) is 3.93. The maximum Gasteiger partial charge on any atom is 0.308 e. The molecule has 0 saturated heterocycles. The number of hydrogen-bond acceptors (Lipinski definition) is 6. The molecule has 0 unspecified atom stereocenters. The summed E-state index contributed by atoms with van der Waals surface area (Å²) < 4.78 is 33.1. The van der Waals surface area contributed by atoms with Crippen LogP contribution in [0.25, 0.3) is 0 Å². The lowest BCUT2D eigenvalue weighted by atomic mass is 10.1. The topological polar surface area (TPSA) is 105 Å². The van der Waals surface area contributed by atoms with E-state index < -0.39 is 28.4 Å². The molecule has 3 aromatic carbocycles. The second kappa shape index (κ2) is 11.0. The maximum atomic E-state index is 13.5. The number of hydrazone groups is 1. The Morgan fingerprint density at radius 3 is 2.20 bits per heavy atom. The third-order valence-electron chi connectivity index (χ3n) is 5.07. The summed E-state index contributed by atoms with van der Waals surface area (Å²) in [7, 11) is -4.02. The molecule has 0 radical (unpaired) electrons. The Bertz CT molecular complexity index is 1350. The largest absolute Gasteiger partial charge is 0.427 e. The number of ether oxygens (including phenoxy) is 1. The molecule has 3 aromatic rings. The van der Waals surface area contributed by atoms with Crippen LogP contribution in [0.5, 0.6) is 5.75 Å². The highest BCUT2D eigenvalue weighted by atomic mass is 32.2. The van der Waals surface area contributed by atoms with Gasteiger partial charge in [-0.15, -0.1) is 0 Å². The van der Waals surface area contributed by atoms with Gasteiger partial charge in [-0.2, -0.15) is 5.10 Å². The normalized spacial score (nSPS) is 11.3. The number of benzene rings is 3. The van der Waals surface area contributed by atoms with Gasteiger partial charge in [-0.25, -0.2) is 13.8 Å². The molecule has 182 valence electrons. The van der Waals surface area contributed by atoms with E-state index in [0.29, 0.717) is 17.0 Å². The lowest BCUT2D eigenvalue weighted by Gasteiger charge is -2.25. The molecular weight excluding hydrogens is 466 g/mol. The second-order valence-corrected chi connectivity index (χ2v) is 9.93. The lowest BCUT2D eigenvalue weighted by Crippen LogP contribution is -2.40. The van der Waals surface area contributed by atoms with Gasteiger partial charge in [0.15, 0.2) is 0 Å². The number of amides is 1. The first-order valence-electron chi connectivity index (χ1n) is 10.8. The molecule has 8 nitrogen and oxygen atoms in total. The van der Waals surface area contributed by atoms with E-state index in [9.17, 15) is 18.0 Å². The molecule has 0 atom stereocenters. The number of esters is 1. The minimum absolute atomic E-state index is 0.0909. The van der Waals surface area contributed by atoms with Crippen molar-refractivity contribution >= 4 is 33.8 Å². The number of sulfonamides is 1. The highest BCUT2D eigenvalue weighted by Crippen LogP contribution is 2.28. The highest BCUT2D eigenvalue weighted by Gasteiger charge is 2.28. The number of nitrogens with zero attached hydrogens (tertiary/aromatic N) is 2. The molecule has 1 N–H and O–H groups in total. The van der Waals surface area contributed by atoms with Gasteiger partial charge in [0.25, 0.3) is 15.9 Å². The van der Waals surface area contributed by atoms with E-state index >= 15 is 0 Å². The first-order chi connectivity index (χ1) is 16.6. The predicted octanol–water partition coefficient (Wildman–Crippen LogP) is 3.88. The number of anilines is 1. The summed E-state index contributed by atoms with van der Waals surface area (Å²) >= 11 is 0. The molecule has 1 amide bonds. The fourth-order valence-corrected chi connectivity index (χ4v) is 4.74. The zero-order chi connectivity index (χ0) is 25.6. The van der Waals surface area contributed by atoms with Gasteiger partial charge >= 0.3 is 5.97 Å². The van der Waals surface area contributed by atoms with Crippen LogP contribution in [0.2, 0.25) is 0 Å². The predicted molar refractivity (Wildman–Crippen MR) is 135 cm³/mol. The van der Waals surface area contributed by atoms with Gasteiger partial charge in [0.2, 0.25) is 0 Å². The average molecular weight is 494 g/mol. The number of hydrogen-bond donors (Lipinski definition) is 1. The van der Waals surface area contributed by atoms with Crippen LogP contribution in [-0.4, -0.2) is 33.1 Å². The van der Waals surface area contributed by atoms with E-state index in [2.05, 4.69) is 10.5 Å². The molecule has 3 rings (SSSR count). The first-order valence-corrected chi connectivity index (χ1v) is 12.3. The number of carbonyl (C=O) groups excluding carboxylic acids is 2. The molecular formula is C26H27N3O5S. The summed E-state index contributed by atoms with van der Waals surface area (Å²) in [6.07, 6.45) is 1.41. The number of rotatable bonds is 8. The molecule has 0 aliphatic heterocycles. The van der Waals surface area contributed by atoms with Gasteiger partial charge in [-0.05, 0) is 79.9 Å². The molecule has 35 heavy (non-hydrogen) atoms. The summed E-state index contributed by atoms with van der Waals surface area (Å²) in [5.74, 6) is -0.633. The second-order valence-electron chi connectivity index (χ2n) is 8.07. The van der Waals surface area contributed by atoms with Crippen LogP contribution >= 0.6 is 0 Å². The van der Waals surface area contributed by atoms with Gasteiger partial charge in [0.05, 0.1) is 16.8 Å². The average Bonchev–Trinajstić information content (AvgIpc) is 2.80. The van der Waals surface area contributed by atoms with Gasteiger partial charge in [-0.1, -0.05) is 29.8 Å². The van der Waals surface area contributed by atoms with E-state index in [1.165, 1.54) is 25.3 Å². The maximum absolute atomic E-state index is 13.5. The summed E-state index contributed by atoms with van der Waals surface area (Å²) in [5.41, 5.74) is 5.97. The number of nitrogens with one attached hydrogen (secondary N) is 1. The Kier molecular flexibility index (Phi) is 8.03. The Balaban J connectivity index is 1.81. The Labute approximate surface area is 205 Å². The van der Waals surface area contributed by atoms with Crippen LogP contribution in [0.1, 0.15) is 29.2 Å². The van der Waals surface area contributed by atoms with Crippen molar-refractivity contribution in [1.82, 2.24) is 5.43 Å². The van der Waals surface area contributed by atoms with Crippen LogP contribution in [0.15, 0.2) is 76.7 Å². The van der Waals surface area contributed by atoms with Crippen LogP contribution in [0.3, 0.4) is 0 Å². The van der Waals surface area contributed by atoms with Crippen molar-refractivity contribution in [1.29, 1.82) is 0 Å². The van der Waals surface area contributed by atoms with E-state index in [1.807, 2.05) is 26.0 Å². The van der Waals surface area contributed by atoms with Gasteiger partial charge in [0.1, 0.15) is 12.3 Å². The first kappa shape index (κ1) is 25.6. The molecule has 0 aliphatic rings. The highest BCUT2D eigenvalue weighted by molar-refractivity contribution is 7.92. The van der Waals surface area contributed by atoms with E-state index in [0.717, 1.165) is 21.0 Å². The van der Waals surface area contributed by atoms with Crippen molar-refractivity contribution in [2.75, 3.05) is 10.8 Å². The quantitative estimate of drug-likeness (QED) is 0.222. The van der Waals surface area contributed by atoms with E-state index in [4.69, 9.17) is 4.74 Å². The smallest absolute Gasteiger partial charge is 0.308 e. The standard InChI is InChI=1S/C26H27N3O5S/c1-18-6-13-24(14-7-18)35(32,33)29(25-15-19(2)5-8-20(25)3)17-26(31)28-27-16-22-9-11-23(12-10-22)34-21(4)30/h5-16H,17H2,1-4H3,(H,28,31)/b27-16-. The third-order valence-corrected chi connectivity index (χ3v) is 6.85. The zero-order valence-corrected chi connectivity index (χ0v) is 20.8.